The smallest absolute Gasteiger partial charge is 0.226 e. The normalized spacial score (nSPS) is 38.0. The summed E-state index contributed by atoms with van der Waals surface area (Å²) in [7, 11) is 0. The fourth-order valence-corrected chi connectivity index (χ4v) is 7.06. The molecule has 2 aromatic rings. The minimum atomic E-state index is -0.627. The molecule has 4 fully saturated rings. The van der Waals surface area contributed by atoms with Crippen LogP contribution < -0.4 is 5.32 Å². The molecule has 4 bridgehead atoms. The second kappa shape index (κ2) is 5.49. The van der Waals surface area contributed by atoms with Crippen LogP contribution in [0.5, 0.6) is 0 Å². The second-order valence-electron chi connectivity index (χ2n) is 9.14. The first kappa shape index (κ1) is 16.6. The van der Waals surface area contributed by atoms with E-state index in [9.17, 15) is 9.90 Å². The number of nitrogens with one attached hydrogen (secondary N) is 1. The number of amides is 1. The van der Waals surface area contributed by atoms with Crippen molar-refractivity contribution < 1.29 is 9.90 Å². The molecule has 0 unspecified atom stereocenters. The number of aromatic nitrogens is 2. The van der Waals surface area contributed by atoms with Crippen LogP contribution in [-0.2, 0) is 11.3 Å². The van der Waals surface area contributed by atoms with Crippen LogP contribution in [0.3, 0.4) is 0 Å². The molecule has 0 saturated heterocycles. The SMILES string of the molecule is CC[C@]12C[C@@H]3C[C@@](O)(C1)C[C@@](C(=O)NCc1ccc4nsnc4c1)(C3)C2. The molecular weight excluding hydrogens is 346 g/mol. The van der Waals surface area contributed by atoms with Crippen molar-refractivity contribution >= 4 is 28.7 Å². The van der Waals surface area contributed by atoms with E-state index in [1.807, 2.05) is 18.2 Å². The summed E-state index contributed by atoms with van der Waals surface area (Å²) in [4.78, 5) is 13.2. The molecule has 6 heteroatoms. The Bertz CT molecular complexity index is 883. The molecule has 1 aromatic heterocycles. The molecule has 0 radical (unpaired) electrons. The van der Waals surface area contributed by atoms with E-state index in [1.54, 1.807) is 0 Å². The Labute approximate surface area is 157 Å². The first-order valence-corrected chi connectivity index (χ1v) is 10.4. The highest BCUT2D eigenvalue weighted by molar-refractivity contribution is 7.00. The quantitative estimate of drug-likeness (QED) is 0.863. The molecule has 1 aromatic carbocycles. The molecule has 0 aliphatic heterocycles. The van der Waals surface area contributed by atoms with Gasteiger partial charge in [0, 0.05) is 6.54 Å². The third-order valence-electron chi connectivity index (χ3n) is 7.16. The molecule has 1 heterocycles. The zero-order valence-electron chi connectivity index (χ0n) is 15.1. The Morgan fingerprint density at radius 2 is 2.08 bits per heavy atom. The van der Waals surface area contributed by atoms with Crippen LogP contribution in [0, 0.1) is 16.7 Å². The number of nitrogens with zero attached hydrogens (tertiary/aromatic N) is 2. The van der Waals surface area contributed by atoms with Gasteiger partial charge in [-0.15, -0.1) is 0 Å². The molecule has 0 spiro atoms. The first-order chi connectivity index (χ1) is 12.4. The topological polar surface area (TPSA) is 75.1 Å². The van der Waals surface area contributed by atoms with Crippen molar-refractivity contribution in [3.8, 4) is 0 Å². The minimum Gasteiger partial charge on any atom is -0.390 e. The summed E-state index contributed by atoms with van der Waals surface area (Å²) in [5.74, 6) is 0.633. The molecule has 1 amide bonds. The lowest BCUT2D eigenvalue weighted by atomic mass is 9.42. The maximum atomic E-state index is 13.2. The molecular formula is C20H25N3O2S. The van der Waals surface area contributed by atoms with Crippen LogP contribution in [0.1, 0.15) is 57.4 Å². The molecule has 5 nitrogen and oxygen atoms in total. The lowest BCUT2D eigenvalue weighted by Crippen LogP contribution is -2.63. The fraction of sp³-hybridized carbons (Fsp3) is 0.650. The summed E-state index contributed by atoms with van der Waals surface area (Å²) in [5.41, 5.74) is 1.99. The molecule has 4 aliphatic carbocycles. The highest BCUT2D eigenvalue weighted by Gasteiger charge is 2.64. The Morgan fingerprint density at radius 3 is 2.88 bits per heavy atom. The van der Waals surface area contributed by atoms with Crippen molar-refractivity contribution in [2.75, 3.05) is 0 Å². The molecule has 26 heavy (non-hydrogen) atoms. The number of carbonyl (C=O) groups excluding carboxylic acids is 1. The van der Waals surface area contributed by atoms with Crippen LogP contribution >= 0.6 is 11.7 Å². The lowest BCUT2D eigenvalue weighted by Gasteiger charge is -2.64. The molecule has 4 atom stereocenters. The van der Waals surface area contributed by atoms with Gasteiger partial charge in [-0.2, -0.15) is 8.75 Å². The number of benzene rings is 1. The molecule has 2 N–H and O–H groups in total. The molecule has 4 saturated carbocycles. The van der Waals surface area contributed by atoms with Crippen molar-refractivity contribution in [2.45, 2.75) is 64.0 Å². The van der Waals surface area contributed by atoms with Gasteiger partial charge in [0.2, 0.25) is 5.91 Å². The highest BCUT2D eigenvalue weighted by Crippen LogP contribution is 2.67. The number of hydrogen-bond acceptors (Lipinski definition) is 5. The highest BCUT2D eigenvalue weighted by atomic mass is 32.1. The predicted molar refractivity (Wildman–Crippen MR) is 101 cm³/mol. The van der Waals surface area contributed by atoms with Crippen molar-refractivity contribution in [1.82, 2.24) is 14.1 Å². The van der Waals surface area contributed by atoms with Gasteiger partial charge in [0.25, 0.3) is 0 Å². The van der Waals surface area contributed by atoms with Gasteiger partial charge in [-0.25, -0.2) is 0 Å². The van der Waals surface area contributed by atoms with Gasteiger partial charge in [0.15, 0.2) is 0 Å². The lowest BCUT2D eigenvalue weighted by molar-refractivity contribution is -0.204. The Morgan fingerprint density at radius 1 is 1.23 bits per heavy atom. The number of carbonyl (C=O) groups is 1. The maximum absolute atomic E-state index is 13.2. The molecule has 138 valence electrons. The number of fused-ring (bicyclic) bond motifs is 1. The first-order valence-electron chi connectivity index (χ1n) is 9.65. The van der Waals surface area contributed by atoms with E-state index in [1.165, 1.54) is 18.1 Å². The monoisotopic (exact) mass is 371 g/mol. The van der Waals surface area contributed by atoms with Crippen molar-refractivity contribution in [1.29, 1.82) is 0 Å². The van der Waals surface area contributed by atoms with E-state index in [0.717, 1.165) is 48.7 Å². The van der Waals surface area contributed by atoms with Crippen LogP contribution in [-0.4, -0.2) is 25.4 Å². The Kier molecular flexibility index (Phi) is 3.51. The zero-order chi connectivity index (χ0) is 18.0. The van der Waals surface area contributed by atoms with Crippen molar-refractivity contribution in [3.05, 3.63) is 23.8 Å². The Balaban J connectivity index is 1.36. The predicted octanol–water partition coefficient (Wildman–Crippen LogP) is 3.42. The van der Waals surface area contributed by atoms with Crippen LogP contribution in [0.25, 0.3) is 11.0 Å². The maximum Gasteiger partial charge on any atom is 0.226 e. The van der Waals surface area contributed by atoms with Gasteiger partial charge in [0.1, 0.15) is 11.0 Å². The van der Waals surface area contributed by atoms with E-state index in [-0.39, 0.29) is 16.7 Å². The average molecular weight is 372 g/mol. The number of aliphatic hydroxyl groups is 1. The van der Waals surface area contributed by atoms with Crippen molar-refractivity contribution in [2.24, 2.45) is 16.7 Å². The van der Waals surface area contributed by atoms with E-state index >= 15 is 0 Å². The summed E-state index contributed by atoms with van der Waals surface area (Å²) in [6.07, 6.45) is 6.54. The summed E-state index contributed by atoms with van der Waals surface area (Å²) < 4.78 is 8.50. The summed E-state index contributed by atoms with van der Waals surface area (Å²) in [6.45, 7) is 2.73. The Hall–Kier alpha value is -1.53. The number of rotatable bonds is 4. The van der Waals surface area contributed by atoms with E-state index in [4.69, 9.17) is 0 Å². The van der Waals surface area contributed by atoms with E-state index in [0.29, 0.717) is 18.9 Å². The largest absolute Gasteiger partial charge is 0.390 e. The summed E-state index contributed by atoms with van der Waals surface area (Å²) in [5, 5.41) is 14.3. The van der Waals surface area contributed by atoms with E-state index in [2.05, 4.69) is 21.0 Å². The minimum absolute atomic E-state index is 0.134. The van der Waals surface area contributed by atoms with Gasteiger partial charge < -0.3 is 10.4 Å². The zero-order valence-corrected chi connectivity index (χ0v) is 15.9. The van der Waals surface area contributed by atoms with Crippen LogP contribution in [0.15, 0.2) is 18.2 Å². The van der Waals surface area contributed by atoms with Crippen LogP contribution in [0.2, 0.25) is 0 Å². The number of hydrogen-bond donors (Lipinski definition) is 2. The average Bonchev–Trinajstić information content (AvgIpc) is 3.05. The third kappa shape index (κ3) is 2.49. The fourth-order valence-electron chi connectivity index (χ4n) is 6.54. The second-order valence-corrected chi connectivity index (χ2v) is 9.67. The molecule has 4 aliphatic rings. The summed E-state index contributed by atoms with van der Waals surface area (Å²) >= 11 is 1.21. The van der Waals surface area contributed by atoms with E-state index < -0.39 is 5.60 Å². The molecule has 6 rings (SSSR count). The summed E-state index contributed by atoms with van der Waals surface area (Å²) in [6, 6.07) is 5.96. The third-order valence-corrected chi connectivity index (χ3v) is 7.71. The van der Waals surface area contributed by atoms with Crippen molar-refractivity contribution in [3.63, 3.8) is 0 Å². The van der Waals surface area contributed by atoms with Gasteiger partial charge in [-0.1, -0.05) is 19.4 Å². The van der Waals surface area contributed by atoms with Gasteiger partial charge in [-0.05, 0) is 67.6 Å². The van der Waals surface area contributed by atoms with Gasteiger partial charge >= 0.3 is 0 Å². The van der Waals surface area contributed by atoms with Gasteiger partial charge in [0.05, 0.1) is 22.7 Å². The van der Waals surface area contributed by atoms with Gasteiger partial charge in [-0.3, -0.25) is 4.79 Å². The van der Waals surface area contributed by atoms with Crippen LogP contribution in [0.4, 0.5) is 0 Å². The standard InChI is InChI=1S/C20H25N3O2S/c1-2-18-6-14-7-19(10-18,12-20(25,8-14)11-18)17(24)21-9-13-3-4-15-16(5-13)23-26-22-15/h3-5,14,25H,2,6-12H2,1H3,(H,21,24)/t14-,18+,19+,20+/m0/s1.